The number of hydrogen-bond donors (Lipinski definition) is 1. The zero-order chi connectivity index (χ0) is 16.6. The smallest absolute Gasteiger partial charge is 0.195 e. The van der Waals surface area contributed by atoms with Gasteiger partial charge in [-0.3, -0.25) is 4.79 Å². The third-order valence-electron chi connectivity index (χ3n) is 4.11. The van der Waals surface area contributed by atoms with E-state index < -0.39 is 5.92 Å². The molecule has 0 radical (unpaired) electrons. The van der Waals surface area contributed by atoms with Gasteiger partial charge in [0.2, 0.25) is 0 Å². The van der Waals surface area contributed by atoms with Gasteiger partial charge in [0, 0.05) is 11.1 Å². The number of fused-ring (bicyclic) bond motifs is 2. The summed E-state index contributed by atoms with van der Waals surface area (Å²) in [6.45, 7) is 6.00. The third kappa shape index (κ3) is 2.24. The number of benzene rings is 1. The van der Waals surface area contributed by atoms with Gasteiger partial charge in [0.25, 0.3) is 0 Å². The second-order valence-electron chi connectivity index (χ2n) is 5.42. The normalized spacial score (nSPS) is 19.0. The Kier molecular flexibility index (Phi) is 3.77. The van der Waals surface area contributed by atoms with Crippen LogP contribution < -0.4 is 4.74 Å². The van der Waals surface area contributed by atoms with Gasteiger partial charge >= 0.3 is 0 Å². The van der Waals surface area contributed by atoms with Gasteiger partial charge in [-0.05, 0) is 48.8 Å². The summed E-state index contributed by atoms with van der Waals surface area (Å²) >= 11 is 0. The van der Waals surface area contributed by atoms with Crippen molar-refractivity contribution in [1.29, 1.82) is 0 Å². The molecule has 23 heavy (non-hydrogen) atoms. The summed E-state index contributed by atoms with van der Waals surface area (Å²) < 4.78 is 5.43. The van der Waals surface area contributed by atoms with Crippen molar-refractivity contribution in [3.05, 3.63) is 65.0 Å². The minimum atomic E-state index is -0.562. The van der Waals surface area contributed by atoms with Crippen LogP contribution in [-0.2, 0) is 4.79 Å². The average molecular weight is 308 g/mol. The molecule has 2 aliphatic rings. The first-order chi connectivity index (χ1) is 11.1. The Morgan fingerprint density at radius 3 is 2.83 bits per heavy atom. The predicted molar refractivity (Wildman–Crippen MR) is 87.1 cm³/mol. The van der Waals surface area contributed by atoms with E-state index in [9.17, 15) is 14.7 Å². The van der Waals surface area contributed by atoms with Gasteiger partial charge in [-0.1, -0.05) is 6.08 Å². The minimum Gasteiger partial charge on any atom is -0.512 e. The molecular formula is C19H16O4. The minimum absolute atomic E-state index is 0.0523. The van der Waals surface area contributed by atoms with Crippen LogP contribution in [0.25, 0.3) is 5.57 Å². The van der Waals surface area contributed by atoms with E-state index in [0.717, 1.165) is 0 Å². The molecule has 116 valence electrons. The number of aliphatic hydroxyl groups is 1. The Morgan fingerprint density at radius 2 is 2.17 bits per heavy atom. The molecule has 0 heterocycles. The summed E-state index contributed by atoms with van der Waals surface area (Å²) in [6, 6.07) is 5.23. The Balaban J connectivity index is 2.14. The lowest BCUT2D eigenvalue weighted by Crippen LogP contribution is -2.16. The van der Waals surface area contributed by atoms with Gasteiger partial charge in [-0.15, -0.1) is 6.58 Å². The molecule has 0 bridgehead atoms. The summed E-state index contributed by atoms with van der Waals surface area (Å²) in [5.41, 5.74) is 2.28. The molecule has 0 spiro atoms. The van der Waals surface area contributed by atoms with Gasteiger partial charge < -0.3 is 9.84 Å². The van der Waals surface area contributed by atoms with Gasteiger partial charge in [-0.2, -0.15) is 0 Å². The van der Waals surface area contributed by atoms with Crippen molar-refractivity contribution in [2.75, 3.05) is 6.61 Å². The molecule has 1 unspecified atom stereocenters. The van der Waals surface area contributed by atoms with Gasteiger partial charge in [0.05, 0.1) is 18.1 Å². The monoisotopic (exact) mass is 308 g/mol. The number of allylic oxidation sites excluding steroid dienone is 5. The molecule has 1 N–H and O–H groups in total. The van der Waals surface area contributed by atoms with Gasteiger partial charge in [0.15, 0.2) is 5.78 Å². The predicted octanol–water partition coefficient (Wildman–Crippen LogP) is 3.44. The maximum Gasteiger partial charge on any atom is 0.195 e. The lowest BCUT2D eigenvalue weighted by molar-refractivity contribution is 0.103. The van der Waals surface area contributed by atoms with Crippen LogP contribution in [0.1, 0.15) is 29.3 Å². The van der Waals surface area contributed by atoms with Crippen LogP contribution in [0.4, 0.5) is 0 Å². The lowest BCUT2D eigenvalue weighted by Gasteiger charge is -2.21. The summed E-state index contributed by atoms with van der Waals surface area (Å²) in [7, 11) is 0. The van der Waals surface area contributed by atoms with Crippen LogP contribution in [-0.4, -0.2) is 23.4 Å². The largest absolute Gasteiger partial charge is 0.512 e. The molecule has 4 nitrogen and oxygen atoms in total. The molecule has 0 aliphatic heterocycles. The summed E-state index contributed by atoms with van der Waals surface area (Å²) in [4.78, 5) is 24.2. The maximum atomic E-state index is 12.8. The fourth-order valence-electron chi connectivity index (χ4n) is 3.11. The molecule has 2 aliphatic carbocycles. The highest BCUT2D eigenvalue weighted by molar-refractivity contribution is 6.26. The van der Waals surface area contributed by atoms with Crippen LogP contribution in [0.5, 0.6) is 5.75 Å². The summed E-state index contributed by atoms with van der Waals surface area (Å²) in [5.74, 6) is 1.72. The fraction of sp³-hybridized carbons (Fsp3) is 0.211. The highest BCUT2D eigenvalue weighted by Gasteiger charge is 2.38. The van der Waals surface area contributed by atoms with Crippen molar-refractivity contribution in [2.45, 2.75) is 13.3 Å². The molecule has 4 heteroatoms. The number of hydrogen-bond acceptors (Lipinski definition) is 4. The first-order valence-electron chi connectivity index (χ1n) is 7.45. The van der Waals surface area contributed by atoms with Crippen LogP contribution in [0.15, 0.2) is 53.8 Å². The number of ether oxygens (including phenoxy) is 1. The van der Waals surface area contributed by atoms with E-state index in [0.29, 0.717) is 41.1 Å². The molecule has 1 aromatic rings. The molecule has 0 saturated heterocycles. The Labute approximate surface area is 134 Å². The standard InChI is InChI=1S/C19H16O4/c1-3-5-13-16(10-20)18-14(9-17(13)21)12-7-6-11(23-4-2)8-15(12)19(18)22/h3,6-9,13,21H,1,4-5H2,2H3. The Bertz CT molecular complexity index is 820. The number of aliphatic hydroxyl groups excluding tert-OH is 1. The van der Waals surface area contributed by atoms with Crippen molar-refractivity contribution >= 4 is 17.3 Å². The van der Waals surface area contributed by atoms with Crippen molar-refractivity contribution in [3.63, 3.8) is 0 Å². The second-order valence-corrected chi connectivity index (χ2v) is 5.42. The van der Waals surface area contributed by atoms with Crippen molar-refractivity contribution in [2.24, 2.45) is 5.92 Å². The molecule has 3 rings (SSSR count). The first-order valence-corrected chi connectivity index (χ1v) is 7.45. The fourth-order valence-corrected chi connectivity index (χ4v) is 3.11. The molecule has 0 saturated carbocycles. The third-order valence-corrected chi connectivity index (χ3v) is 4.11. The number of Topliss-reactive ketones (excluding diaryl/α,β-unsaturated/α-hetero) is 1. The highest BCUT2D eigenvalue weighted by Crippen LogP contribution is 2.45. The van der Waals surface area contributed by atoms with E-state index >= 15 is 0 Å². The van der Waals surface area contributed by atoms with E-state index in [-0.39, 0.29) is 17.1 Å². The molecule has 0 fully saturated rings. The van der Waals surface area contributed by atoms with Crippen molar-refractivity contribution in [1.82, 2.24) is 0 Å². The maximum absolute atomic E-state index is 12.8. The molecular weight excluding hydrogens is 292 g/mol. The van der Waals surface area contributed by atoms with E-state index in [2.05, 4.69) is 6.58 Å². The van der Waals surface area contributed by atoms with E-state index in [1.165, 1.54) is 0 Å². The average Bonchev–Trinajstić information content (AvgIpc) is 2.81. The summed E-state index contributed by atoms with van der Waals surface area (Å²) in [5, 5.41) is 10.2. The Hall–Kier alpha value is -2.84. The lowest BCUT2D eigenvalue weighted by atomic mass is 9.82. The van der Waals surface area contributed by atoms with Crippen LogP contribution >= 0.6 is 0 Å². The first kappa shape index (κ1) is 15.1. The van der Waals surface area contributed by atoms with E-state index in [1.807, 2.05) is 12.9 Å². The van der Waals surface area contributed by atoms with Crippen LogP contribution in [0.3, 0.4) is 0 Å². The second kappa shape index (κ2) is 5.75. The number of carbonyl (C=O) groups is 1. The molecule has 1 atom stereocenters. The van der Waals surface area contributed by atoms with Crippen LogP contribution in [0.2, 0.25) is 0 Å². The van der Waals surface area contributed by atoms with Crippen molar-refractivity contribution in [3.8, 4) is 5.75 Å². The Morgan fingerprint density at radius 1 is 1.39 bits per heavy atom. The summed E-state index contributed by atoms with van der Waals surface area (Å²) in [6.07, 6.45) is 3.54. The molecule has 0 aromatic heterocycles. The van der Waals surface area contributed by atoms with Gasteiger partial charge in [0.1, 0.15) is 17.5 Å². The number of ketones is 1. The van der Waals surface area contributed by atoms with E-state index in [1.54, 1.807) is 30.4 Å². The van der Waals surface area contributed by atoms with Crippen molar-refractivity contribution < 1.29 is 19.4 Å². The highest BCUT2D eigenvalue weighted by atomic mass is 16.5. The topological polar surface area (TPSA) is 63.6 Å². The SMILES string of the molecule is C=CCC1C(=C=O)C2=C(C=C1O)c1ccc(OCC)cc1C2=O. The quantitative estimate of drug-likeness (QED) is 0.683. The molecule has 1 aromatic carbocycles. The number of carbonyl (C=O) groups excluding carboxylic acids is 2. The van der Waals surface area contributed by atoms with E-state index in [4.69, 9.17) is 4.74 Å². The molecule has 0 amide bonds. The van der Waals surface area contributed by atoms with Crippen LogP contribution in [0, 0.1) is 5.92 Å². The zero-order valence-electron chi connectivity index (χ0n) is 12.8. The zero-order valence-corrected chi connectivity index (χ0v) is 12.8. The number of rotatable bonds is 4. The van der Waals surface area contributed by atoms with Gasteiger partial charge in [-0.25, -0.2) is 4.79 Å².